The number of hydrogen-bond acceptors (Lipinski definition) is 4. The lowest BCUT2D eigenvalue weighted by Crippen LogP contribution is -2.39. The summed E-state index contributed by atoms with van der Waals surface area (Å²) in [6, 6.07) is 7.14. The quantitative estimate of drug-likeness (QED) is 0.822. The average Bonchev–Trinajstić information content (AvgIpc) is 3.05. The van der Waals surface area contributed by atoms with Crippen LogP contribution in [-0.4, -0.2) is 42.0 Å². The molecule has 1 atom stereocenters. The minimum atomic E-state index is -3.37. The van der Waals surface area contributed by atoms with Crippen molar-refractivity contribution in [3.8, 4) is 0 Å². The average molecular weight is 339 g/mol. The summed E-state index contributed by atoms with van der Waals surface area (Å²) in [5.41, 5.74) is 1.01. The molecule has 0 bridgehead atoms. The Balaban J connectivity index is 2.00. The van der Waals surface area contributed by atoms with E-state index in [0.29, 0.717) is 24.2 Å². The molecule has 22 heavy (non-hydrogen) atoms. The van der Waals surface area contributed by atoms with Gasteiger partial charge in [-0.25, -0.2) is 8.42 Å². The first-order valence-electron chi connectivity index (χ1n) is 6.98. The number of aromatic nitrogens is 1. The Hall–Kier alpha value is -1.51. The maximum Gasteiger partial charge on any atom is 0.266 e. The zero-order valence-corrected chi connectivity index (χ0v) is 14.0. The van der Waals surface area contributed by atoms with Gasteiger partial charge < -0.3 is 4.57 Å². The van der Waals surface area contributed by atoms with Gasteiger partial charge in [0.2, 0.25) is 10.0 Å². The van der Waals surface area contributed by atoms with Gasteiger partial charge in [-0.05, 0) is 25.0 Å². The molecular formula is C14H17N3O3S2. The second-order valence-corrected chi connectivity index (χ2v) is 8.34. The van der Waals surface area contributed by atoms with Gasteiger partial charge in [0.25, 0.3) is 5.91 Å². The van der Waals surface area contributed by atoms with E-state index in [0.717, 1.165) is 16.5 Å². The molecule has 118 valence electrons. The Labute approximate surface area is 132 Å². The van der Waals surface area contributed by atoms with Gasteiger partial charge in [-0.15, -0.1) is 0 Å². The van der Waals surface area contributed by atoms with Crippen LogP contribution in [0.4, 0.5) is 0 Å². The lowest BCUT2D eigenvalue weighted by molar-refractivity contribution is -0.121. The van der Waals surface area contributed by atoms with Crippen molar-refractivity contribution in [1.82, 2.24) is 8.87 Å². The lowest BCUT2D eigenvalue weighted by Gasteiger charge is -2.18. The predicted octanol–water partition coefficient (Wildman–Crippen LogP) is 1.09. The van der Waals surface area contributed by atoms with E-state index >= 15 is 0 Å². The highest BCUT2D eigenvalue weighted by molar-refractivity contribution is 7.88. The number of fused-ring (bicyclic) bond motifs is 1. The summed E-state index contributed by atoms with van der Waals surface area (Å²) in [6.07, 6.45) is 2.36. The third kappa shape index (κ3) is 2.73. The molecule has 1 aliphatic heterocycles. The molecule has 0 N–H and O–H groups in total. The van der Waals surface area contributed by atoms with Crippen LogP contribution in [0, 0.1) is 0 Å². The second kappa shape index (κ2) is 5.60. The number of thiazole rings is 1. The molecule has 3 rings (SSSR count). The van der Waals surface area contributed by atoms with Crippen LogP contribution in [0.1, 0.15) is 12.8 Å². The van der Waals surface area contributed by atoms with Crippen LogP contribution in [0.5, 0.6) is 0 Å². The van der Waals surface area contributed by atoms with Gasteiger partial charge in [0.05, 0.1) is 16.5 Å². The van der Waals surface area contributed by atoms with E-state index in [-0.39, 0.29) is 5.91 Å². The number of amides is 1. The summed E-state index contributed by atoms with van der Waals surface area (Å²) in [6.45, 7) is 0.392. The largest absolute Gasteiger partial charge is 0.319 e. The van der Waals surface area contributed by atoms with Gasteiger partial charge in [0, 0.05) is 13.6 Å². The summed E-state index contributed by atoms with van der Waals surface area (Å²) in [5, 5.41) is 0. The lowest BCUT2D eigenvalue weighted by atomic mass is 10.2. The molecule has 1 aliphatic rings. The minimum absolute atomic E-state index is 0.384. The van der Waals surface area contributed by atoms with Crippen LogP contribution in [0.25, 0.3) is 10.2 Å². The smallest absolute Gasteiger partial charge is 0.266 e. The molecule has 0 radical (unpaired) electrons. The molecule has 6 nitrogen and oxygen atoms in total. The second-order valence-electron chi connectivity index (χ2n) is 5.39. The van der Waals surface area contributed by atoms with E-state index in [2.05, 4.69) is 4.99 Å². The molecule has 1 aromatic heterocycles. The molecule has 1 fully saturated rings. The number of sulfonamides is 1. The Bertz CT molecular complexity index is 895. The van der Waals surface area contributed by atoms with Crippen LogP contribution < -0.4 is 4.80 Å². The third-order valence-corrected chi connectivity index (χ3v) is 6.24. The molecule has 1 aromatic carbocycles. The molecule has 0 aliphatic carbocycles. The van der Waals surface area contributed by atoms with Gasteiger partial charge in [-0.2, -0.15) is 9.30 Å². The first-order valence-corrected chi connectivity index (χ1v) is 9.64. The molecular weight excluding hydrogens is 322 g/mol. The van der Waals surface area contributed by atoms with Crippen LogP contribution >= 0.6 is 11.3 Å². The van der Waals surface area contributed by atoms with E-state index in [1.807, 2.05) is 35.9 Å². The standard InChI is InChI=1S/C14H17N3O3S2/c1-16-10-6-3-4-8-12(10)21-14(16)15-13(18)11-7-5-9-17(11)22(2,19)20/h3-4,6,8,11H,5,7,9H2,1-2H3. The summed E-state index contributed by atoms with van der Waals surface area (Å²) in [7, 11) is -1.52. The Kier molecular flexibility index (Phi) is 3.92. The fraction of sp³-hybridized carbons (Fsp3) is 0.429. The van der Waals surface area contributed by atoms with Crippen LogP contribution in [0.15, 0.2) is 29.3 Å². The molecule has 8 heteroatoms. The molecule has 1 amide bonds. The molecule has 2 aromatic rings. The Morgan fingerprint density at radius 3 is 2.77 bits per heavy atom. The molecule has 1 saturated heterocycles. The van der Waals surface area contributed by atoms with Crippen molar-refractivity contribution >= 4 is 37.5 Å². The van der Waals surface area contributed by atoms with Crippen molar-refractivity contribution in [2.24, 2.45) is 12.0 Å². The maximum absolute atomic E-state index is 12.4. The van der Waals surface area contributed by atoms with Crippen molar-refractivity contribution < 1.29 is 13.2 Å². The number of para-hydroxylation sites is 1. The summed E-state index contributed by atoms with van der Waals surface area (Å²) in [4.78, 5) is 17.2. The number of hydrogen-bond donors (Lipinski definition) is 0. The topological polar surface area (TPSA) is 71.7 Å². The Morgan fingerprint density at radius 1 is 1.36 bits per heavy atom. The fourth-order valence-corrected chi connectivity index (χ4v) is 4.88. The molecule has 2 heterocycles. The first-order chi connectivity index (χ1) is 10.4. The van der Waals surface area contributed by atoms with Crippen LogP contribution in [0.3, 0.4) is 0 Å². The van der Waals surface area contributed by atoms with Crippen molar-refractivity contribution in [3.05, 3.63) is 29.1 Å². The van der Waals surface area contributed by atoms with Crippen LogP contribution in [0.2, 0.25) is 0 Å². The zero-order valence-electron chi connectivity index (χ0n) is 12.4. The normalized spacial score (nSPS) is 20.8. The highest BCUT2D eigenvalue weighted by Crippen LogP contribution is 2.21. The third-order valence-electron chi connectivity index (χ3n) is 3.84. The van der Waals surface area contributed by atoms with Gasteiger partial charge in [-0.1, -0.05) is 23.5 Å². The van der Waals surface area contributed by atoms with E-state index in [9.17, 15) is 13.2 Å². The highest BCUT2D eigenvalue weighted by atomic mass is 32.2. The molecule has 1 unspecified atom stereocenters. The van der Waals surface area contributed by atoms with Gasteiger partial charge >= 0.3 is 0 Å². The molecule has 0 spiro atoms. The number of carbonyl (C=O) groups is 1. The van der Waals surface area contributed by atoms with Crippen LogP contribution in [-0.2, 0) is 21.9 Å². The van der Waals surface area contributed by atoms with E-state index in [1.165, 1.54) is 15.6 Å². The van der Waals surface area contributed by atoms with Crippen molar-refractivity contribution in [2.75, 3.05) is 12.8 Å². The zero-order chi connectivity index (χ0) is 15.9. The maximum atomic E-state index is 12.4. The highest BCUT2D eigenvalue weighted by Gasteiger charge is 2.36. The van der Waals surface area contributed by atoms with Crippen molar-refractivity contribution in [3.63, 3.8) is 0 Å². The predicted molar refractivity (Wildman–Crippen MR) is 85.9 cm³/mol. The monoisotopic (exact) mass is 339 g/mol. The number of benzene rings is 1. The van der Waals surface area contributed by atoms with Gasteiger partial charge in [0.1, 0.15) is 6.04 Å². The summed E-state index contributed by atoms with van der Waals surface area (Å²) >= 11 is 1.43. The first kappa shape index (κ1) is 15.4. The van der Waals surface area contributed by atoms with Gasteiger partial charge in [-0.3, -0.25) is 4.79 Å². The van der Waals surface area contributed by atoms with E-state index in [1.54, 1.807) is 0 Å². The fourth-order valence-electron chi connectivity index (χ4n) is 2.74. The van der Waals surface area contributed by atoms with Crippen molar-refractivity contribution in [1.29, 1.82) is 0 Å². The number of rotatable bonds is 2. The summed E-state index contributed by atoms with van der Waals surface area (Å²) in [5.74, 6) is -0.384. The van der Waals surface area contributed by atoms with Crippen molar-refractivity contribution in [2.45, 2.75) is 18.9 Å². The number of carbonyl (C=O) groups excluding carboxylic acids is 1. The molecule has 0 saturated carbocycles. The summed E-state index contributed by atoms with van der Waals surface area (Å²) < 4.78 is 27.6. The SMILES string of the molecule is Cn1c(=NC(=O)C2CCCN2S(C)(=O)=O)sc2ccccc21. The van der Waals surface area contributed by atoms with Gasteiger partial charge in [0.15, 0.2) is 4.80 Å². The van der Waals surface area contributed by atoms with E-state index < -0.39 is 16.1 Å². The van der Waals surface area contributed by atoms with E-state index in [4.69, 9.17) is 0 Å². The number of aryl methyl sites for hydroxylation is 1. The number of nitrogens with zero attached hydrogens (tertiary/aromatic N) is 3. The Morgan fingerprint density at radius 2 is 2.09 bits per heavy atom. The minimum Gasteiger partial charge on any atom is -0.319 e.